The average Bonchev–Trinajstić information content (AvgIpc) is 3.67. The van der Waals surface area contributed by atoms with Crippen molar-refractivity contribution in [2.75, 3.05) is 31.6 Å². The highest BCUT2D eigenvalue weighted by atomic mass is 19.4. The van der Waals surface area contributed by atoms with E-state index in [-0.39, 0.29) is 37.3 Å². The molecule has 44 heavy (non-hydrogen) atoms. The first-order valence-electron chi connectivity index (χ1n) is 13.4. The van der Waals surface area contributed by atoms with Crippen LogP contribution in [-0.4, -0.2) is 91.4 Å². The number of halogens is 3. The number of guanidine groups is 1. The minimum atomic E-state index is -5.08. The van der Waals surface area contributed by atoms with E-state index >= 15 is 0 Å². The molecule has 1 aromatic carbocycles. The van der Waals surface area contributed by atoms with Crippen molar-refractivity contribution >= 4 is 48.0 Å². The number of nitrogens with zero attached hydrogens (tertiary/aromatic N) is 2. The topological polar surface area (TPSA) is 233 Å². The van der Waals surface area contributed by atoms with Crippen LogP contribution in [0.1, 0.15) is 48.5 Å². The summed E-state index contributed by atoms with van der Waals surface area (Å²) in [6.45, 7) is 2.06. The summed E-state index contributed by atoms with van der Waals surface area (Å²) >= 11 is 0. The molecule has 0 saturated carbocycles. The van der Waals surface area contributed by atoms with Crippen LogP contribution in [0.25, 0.3) is 0 Å². The summed E-state index contributed by atoms with van der Waals surface area (Å²) in [6, 6.07) is 5.36. The van der Waals surface area contributed by atoms with Crippen LogP contribution in [0.3, 0.4) is 0 Å². The molecule has 2 heterocycles. The van der Waals surface area contributed by atoms with Crippen LogP contribution in [0, 0.1) is 5.92 Å². The molecule has 0 aromatic heterocycles. The number of methoxy groups -OCH3 is 1. The number of unbranched alkanes of at least 4 members (excludes halogenated alkanes) is 2. The van der Waals surface area contributed by atoms with Gasteiger partial charge in [0, 0.05) is 25.4 Å². The highest BCUT2D eigenvalue weighted by molar-refractivity contribution is 6.10. The standard InChI is InChI=1S/C25H34N6O6.C2HF3O2/c1-16(25(22(36)37-2)24(15-33,30-25)9-11-32)14-31-19-8-7-17(6-4-3-5-10-28-23(26)27)12-18(19)21(35)29-13-20(31)34;3-2(4,5)1(6)7/h7-8,11-12,15-16,30H,3-6,9-10,13-14H2,1-2H3,(H,29,35)(H4,26,27,28);(H,6,7)/t16?,24?,25-;/m0./s1. The Morgan fingerprint density at radius 1 is 1.20 bits per heavy atom. The van der Waals surface area contributed by atoms with Crippen LogP contribution in [-0.2, 0) is 35.1 Å². The van der Waals surface area contributed by atoms with E-state index < -0.39 is 35.1 Å². The van der Waals surface area contributed by atoms with E-state index in [0.717, 1.165) is 31.2 Å². The number of aliphatic carboxylic acids is 1. The second-order valence-corrected chi connectivity index (χ2v) is 10.2. The van der Waals surface area contributed by atoms with Gasteiger partial charge in [0.05, 0.1) is 24.9 Å². The van der Waals surface area contributed by atoms with Gasteiger partial charge < -0.3 is 41.1 Å². The number of aliphatic imine (C=N–C) groups is 1. The number of hydrogen-bond donors (Lipinski definition) is 5. The zero-order valence-electron chi connectivity index (χ0n) is 24.1. The lowest BCUT2D eigenvalue weighted by molar-refractivity contribution is -0.192. The Morgan fingerprint density at radius 2 is 1.86 bits per heavy atom. The number of carboxylic acids is 1. The third-order valence-electron chi connectivity index (χ3n) is 7.33. The number of benzene rings is 1. The van der Waals surface area contributed by atoms with E-state index in [2.05, 4.69) is 15.6 Å². The van der Waals surface area contributed by atoms with Crippen LogP contribution in [0.5, 0.6) is 0 Å². The Bertz CT molecular complexity index is 1300. The fourth-order valence-corrected chi connectivity index (χ4v) is 5.07. The second kappa shape index (κ2) is 14.8. The molecule has 242 valence electrons. The number of aldehydes is 2. The predicted octanol–water partition coefficient (Wildman–Crippen LogP) is 0.0603. The number of amides is 2. The number of nitrogens with one attached hydrogen (secondary N) is 2. The number of rotatable bonds is 13. The first kappa shape index (κ1) is 35.7. The molecule has 1 saturated heterocycles. The van der Waals surface area contributed by atoms with E-state index in [0.29, 0.717) is 30.4 Å². The summed E-state index contributed by atoms with van der Waals surface area (Å²) in [5, 5.41) is 12.6. The van der Waals surface area contributed by atoms with E-state index in [9.17, 15) is 37.1 Å². The fraction of sp³-hybridized carbons (Fsp3) is 0.519. The van der Waals surface area contributed by atoms with Crippen molar-refractivity contribution in [2.45, 2.75) is 56.3 Å². The van der Waals surface area contributed by atoms with Gasteiger partial charge >= 0.3 is 18.1 Å². The van der Waals surface area contributed by atoms with Crippen molar-refractivity contribution in [1.82, 2.24) is 10.6 Å². The van der Waals surface area contributed by atoms with E-state index in [1.807, 2.05) is 6.07 Å². The van der Waals surface area contributed by atoms with Gasteiger partial charge in [0.25, 0.3) is 5.91 Å². The lowest BCUT2D eigenvalue weighted by Gasteiger charge is -2.30. The van der Waals surface area contributed by atoms with Crippen LogP contribution in [0.2, 0.25) is 0 Å². The van der Waals surface area contributed by atoms with E-state index in [1.54, 1.807) is 19.1 Å². The third-order valence-corrected chi connectivity index (χ3v) is 7.33. The minimum absolute atomic E-state index is 0.0154. The molecular formula is C27H35F3N6O8. The number of carbonyl (C=O) groups is 6. The molecule has 2 aliphatic heterocycles. The molecule has 0 radical (unpaired) electrons. The Morgan fingerprint density at radius 3 is 2.41 bits per heavy atom. The first-order chi connectivity index (χ1) is 20.6. The second-order valence-electron chi connectivity index (χ2n) is 10.2. The zero-order valence-corrected chi connectivity index (χ0v) is 24.1. The summed E-state index contributed by atoms with van der Waals surface area (Å²) < 4.78 is 36.7. The molecule has 2 unspecified atom stereocenters. The van der Waals surface area contributed by atoms with Crippen molar-refractivity contribution in [3.8, 4) is 0 Å². The third kappa shape index (κ3) is 8.09. The van der Waals surface area contributed by atoms with Gasteiger partial charge in [0.15, 0.2) is 5.96 Å². The Kier molecular flexibility index (Phi) is 12.0. The van der Waals surface area contributed by atoms with Gasteiger partial charge in [-0.05, 0) is 37.0 Å². The smallest absolute Gasteiger partial charge is 0.475 e. The normalized spacial score (nSPS) is 21.3. The number of alkyl halides is 3. The number of ether oxygens (including phenoxy) is 1. The number of fused-ring (bicyclic) bond motifs is 1. The van der Waals surface area contributed by atoms with Gasteiger partial charge in [-0.15, -0.1) is 0 Å². The Balaban J connectivity index is 0.000000860. The molecule has 7 N–H and O–H groups in total. The first-order valence-corrected chi connectivity index (χ1v) is 13.4. The highest BCUT2D eigenvalue weighted by Gasteiger charge is 2.75. The van der Waals surface area contributed by atoms with Gasteiger partial charge in [-0.3, -0.25) is 19.9 Å². The molecule has 2 amide bonds. The molecule has 0 aliphatic carbocycles. The molecule has 0 bridgehead atoms. The van der Waals surface area contributed by atoms with Crippen LogP contribution in [0.15, 0.2) is 23.2 Å². The molecule has 1 aromatic rings. The maximum atomic E-state index is 13.0. The van der Waals surface area contributed by atoms with Gasteiger partial charge in [-0.1, -0.05) is 19.4 Å². The molecule has 17 heteroatoms. The minimum Gasteiger partial charge on any atom is -0.475 e. The number of anilines is 1. The maximum Gasteiger partial charge on any atom is 0.490 e. The molecule has 3 atom stereocenters. The molecule has 1 fully saturated rings. The SMILES string of the molecule is COC(=O)[C@]1(C(C)CN2C(=O)CNC(=O)c3cc(CCCCCN=C(N)N)ccc32)NC1(C=O)CC=O.O=C(O)C(F)(F)F. The predicted molar refractivity (Wildman–Crippen MR) is 150 cm³/mol. The molecule has 0 spiro atoms. The maximum absolute atomic E-state index is 13.0. The van der Waals surface area contributed by atoms with Crippen molar-refractivity contribution in [1.29, 1.82) is 0 Å². The highest BCUT2D eigenvalue weighted by Crippen LogP contribution is 2.47. The molecule has 2 aliphatic rings. The number of aryl methyl sites for hydroxylation is 1. The van der Waals surface area contributed by atoms with Crippen molar-refractivity contribution in [2.24, 2.45) is 22.4 Å². The Labute approximate surface area is 250 Å². The lowest BCUT2D eigenvalue weighted by Crippen LogP contribution is -2.49. The van der Waals surface area contributed by atoms with E-state index in [1.165, 1.54) is 12.0 Å². The number of hydrogen-bond acceptors (Lipinski definition) is 9. The van der Waals surface area contributed by atoms with Crippen molar-refractivity contribution in [3.63, 3.8) is 0 Å². The number of carboxylic acid groups (broad SMARTS) is 1. The van der Waals surface area contributed by atoms with Gasteiger partial charge in [-0.2, -0.15) is 13.2 Å². The van der Waals surface area contributed by atoms with Crippen LogP contribution >= 0.6 is 0 Å². The summed E-state index contributed by atoms with van der Waals surface area (Å²) in [6.07, 6.45) is -0.836. The lowest BCUT2D eigenvalue weighted by atomic mass is 9.81. The molecule has 14 nitrogen and oxygen atoms in total. The summed E-state index contributed by atoms with van der Waals surface area (Å²) in [7, 11) is 1.20. The summed E-state index contributed by atoms with van der Waals surface area (Å²) in [5.74, 6) is -4.74. The van der Waals surface area contributed by atoms with Crippen molar-refractivity contribution in [3.05, 3.63) is 29.3 Å². The number of carbonyl (C=O) groups excluding carboxylic acids is 5. The summed E-state index contributed by atoms with van der Waals surface area (Å²) in [4.78, 5) is 76.0. The number of esters is 1. The van der Waals surface area contributed by atoms with Crippen molar-refractivity contribution < 1.29 is 51.8 Å². The fourth-order valence-electron chi connectivity index (χ4n) is 5.07. The zero-order chi connectivity index (χ0) is 33.3. The molecular weight excluding hydrogens is 593 g/mol. The molecule has 3 rings (SSSR count). The van der Waals surface area contributed by atoms with Crippen LogP contribution in [0.4, 0.5) is 18.9 Å². The quantitative estimate of drug-likeness (QED) is 0.0489. The van der Waals surface area contributed by atoms with Gasteiger partial charge in [-0.25, -0.2) is 9.59 Å². The van der Waals surface area contributed by atoms with Crippen LogP contribution < -0.4 is 27.0 Å². The number of nitrogens with two attached hydrogens (primary N) is 2. The van der Waals surface area contributed by atoms with Gasteiger partial charge in [0.2, 0.25) is 5.91 Å². The van der Waals surface area contributed by atoms with Gasteiger partial charge in [0.1, 0.15) is 23.7 Å². The van der Waals surface area contributed by atoms with E-state index in [4.69, 9.17) is 26.1 Å². The Hall–Kier alpha value is -4.54. The largest absolute Gasteiger partial charge is 0.490 e. The average molecular weight is 629 g/mol. The summed E-state index contributed by atoms with van der Waals surface area (Å²) in [5.41, 5.74) is 9.49. The monoisotopic (exact) mass is 628 g/mol.